The van der Waals surface area contributed by atoms with Crippen molar-refractivity contribution in [1.82, 2.24) is 0 Å². The second-order valence-corrected chi connectivity index (χ2v) is 5.32. The number of hydrogen-bond acceptors (Lipinski definition) is 2. The normalized spacial score (nSPS) is 11.6. The first-order valence-electron chi connectivity index (χ1n) is 5.34. The van der Waals surface area contributed by atoms with E-state index in [4.69, 9.17) is 27.9 Å². The van der Waals surface area contributed by atoms with Crippen molar-refractivity contribution < 1.29 is 29.8 Å². The molecule has 6 heteroatoms. The Kier molecular flexibility index (Phi) is 8.60. The van der Waals surface area contributed by atoms with Gasteiger partial charge in [-0.05, 0) is 18.6 Å². The maximum atomic E-state index is 12.2. The van der Waals surface area contributed by atoms with Gasteiger partial charge in [0, 0.05) is 5.66 Å². The molecule has 1 aromatic rings. The number of hydrogen-bond donors (Lipinski definition) is 0. The minimum atomic E-state index is -0.162. The Morgan fingerprint density at radius 2 is 2.00 bits per heavy atom. The number of rotatable bonds is 5. The predicted octanol–water partition coefficient (Wildman–Crippen LogP) is 1.34. The Balaban J connectivity index is 0. The van der Waals surface area contributed by atoms with E-state index in [-0.39, 0.29) is 31.7 Å². The van der Waals surface area contributed by atoms with Gasteiger partial charge in [-0.2, -0.15) is 0 Å². The van der Waals surface area contributed by atoms with Gasteiger partial charge in [-0.3, -0.25) is 4.79 Å². The Morgan fingerprint density at radius 3 is 2.50 bits per heavy atom. The van der Waals surface area contributed by atoms with Crippen molar-refractivity contribution in [3.05, 3.63) is 27.7 Å². The van der Waals surface area contributed by atoms with E-state index in [0.29, 0.717) is 21.4 Å². The SMILES string of the molecule is CCCC(P)C(=O)c1c(Cl)ccc(Cl)c1OC.[H-].[Li+]. The van der Waals surface area contributed by atoms with Gasteiger partial charge in [0.05, 0.1) is 22.7 Å². The topological polar surface area (TPSA) is 26.3 Å². The van der Waals surface area contributed by atoms with Gasteiger partial charge in [0.2, 0.25) is 0 Å². The van der Waals surface area contributed by atoms with Crippen LogP contribution >= 0.6 is 32.4 Å². The molecule has 2 atom stereocenters. The molecule has 1 rings (SSSR count). The Labute approximate surface area is 134 Å². The van der Waals surface area contributed by atoms with Crippen molar-refractivity contribution in [2.24, 2.45) is 0 Å². The second-order valence-electron chi connectivity index (χ2n) is 3.70. The van der Waals surface area contributed by atoms with Gasteiger partial charge < -0.3 is 6.16 Å². The van der Waals surface area contributed by atoms with Crippen LogP contribution in [0.2, 0.25) is 10.0 Å². The van der Waals surface area contributed by atoms with Crippen LogP contribution in [0.3, 0.4) is 0 Å². The first-order valence-corrected chi connectivity index (χ1v) is 6.77. The van der Waals surface area contributed by atoms with Crippen molar-refractivity contribution in [1.29, 1.82) is 0 Å². The molecule has 18 heavy (non-hydrogen) atoms. The first kappa shape index (κ1) is 18.3. The zero-order chi connectivity index (χ0) is 13.0. The molecule has 2 unspecified atom stereocenters. The summed E-state index contributed by atoms with van der Waals surface area (Å²) in [6.45, 7) is 2.03. The fourth-order valence-corrected chi connectivity index (χ4v) is 2.57. The number of benzene rings is 1. The van der Waals surface area contributed by atoms with E-state index in [0.717, 1.165) is 12.8 Å². The van der Waals surface area contributed by atoms with E-state index in [1.165, 1.54) is 7.11 Å². The fraction of sp³-hybridized carbons (Fsp3) is 0.417. The molecule has 0 saturated carbocycles. The van der Waals surface area contributed by atoms with Crippen LogP contribution in [0.15, 0.2) is 12.1 Å². The van der Waals surface area contributed by atoms with Crippen LogP contribution in [0.4, 0.5) is 0 Å². The van der Waals surface area contributed by atoms with Crippen LogP contribution < -0.4 is 23.6 Å². The smallest absolute Gasteiger partial charge is 1.00 e. The number of Topliss-reactive ketones (excluding diaryl/α,β-unsaturated/α-hetero) is 1. The number of carbonyl (C=O) groups is 1. The summed E-state index contributed by atoms with van der Waals surface area (Å²) in [4.78, 5) is 12.2. The largest absolute Gasteiger partial charge is 1.00 e. The van der Waals surface area contributed by atoms with Gasteiger partial charge >= 0.3 is 18.9 Å². The summed E-state index contributed by atoms with van der Waals surface area (Å²) >= 11 is 12.0. The average Bonchev–Trinajstić information content (AvgIpc) is 2.31. The molecule has 96 valence electrons. The molecular weight excluding hydrogens is 285 g/mol. The van der Waals surface area contributed by atoms with Crippen LogP contribution in [0, 0.1) is 0 Å². The van der Waals surface area contributed by atoms with Crippen molar-refractivity contribution >= 4 is 38.2 Å². The van der Waals surface area contributed by atoms with Crippen LogP contribution in [0.5, 0.6) is 5.75 Å². The summed E-state index contributed by atoms with van der Waals surface area (Å²) in [7, 11) is 4.02. The average molecular weight is 301 g/mol. The van der Waals surface area contributed by atoms with Crippen LogP contribution in [-0.4, -0.2) is 18.6 Å². The van der Waals surface area contributed by atoms with E-state index < -0.39 is 0 Å². The van der Waals surface area contributed by atoms with Gasteiger partial charge in [0.25, 0.3) is 0 Å². The molecule has 0 saturated heterocycles. The molecule has 0 aliphatic heterocycles. The van der Waals surface area contributed by atoms with E-state index >= 15 is 0 Å². The van der Waals surface area contributed by atoms with Crippen LogP contribution in [0.25, 0.3) is 0 Å². The van der Waals surface area contributed by atoms with E-state index in [9.17, 15) is 4.79 Å². The maximum absolute atomic E-state index is 12.2. The van der Waals surface area contributed by atoms with Crippen LogP contribution in [0.1, 0.15) is 31.6 Å². The zero-order valence-electron chi connectivity index (χ0n) is 11.8. The van der Waals surface area contributed by atoms with Crippen molar-refractivity contribution in [3.8, 4) is 5.75 Å². The Morgan fingerprint density at radius 1 is 1.44 bits per heavy atom. The maximum Gasteiger partial charge on any atom is 1.00 e. The van der Waals surface area contributed by atoms with Gasteiger partial charge in [0.15, 0.2) is 5.78 Å². The minimum Gasteiger partial charge on any atom is -1.00 e. The molecule has 0 N–H and O–H groups in total. The van der Waals surface area contributed by atoms with Crippen molar-refractivity contribution in [2.75, 3.05) is 7.11 Å². The predicted molar refractivity (Wildman–Crippen MR) is 76.9 cm³/mol. The Bertz CT molecular complexity index is 432. The summed E-state index contributed by atoms with van der Waals surface area (Å²) in [5, 5.41) is 0.772. The zero-order valence-corrected chi connectivity index (χ0v) is 13.5. The summed E-state index contributed by atoms with van der Waals surface area (Å²) in [6, 6.07) is 3.24. The molecule has 2 nitrogen and oxygen atoms in total. The second kappa shape index (κ2) is 8.46. The van der Waals surface area contributed by atoms with Gasteiger partial charge in [-0.1, -0.05) is 36.5 Å². The fourth-order valence-electron chi connectivity index (χ4n) is 1.59. The molecule has 0 heterocycles. The monoisotopic (exact) mass is 300 g/mol. The van der Waals surface area contributed by atoms with Gasteiger partial charge in [-0.25, -0.2) is 0 Å². The number of methoxy groups -OCH3 is 1. The van der Waals surface area contributed by atoms with E-state index in [1.54, 1.807) is 12.1 Å². The number of ether oxygens (including phenoxy) is 1. The Hall–Kier alpha value is 0.297. The van der Waals surface area contributed by atoms with Crippen molar-refractivity contribution in [2.45, 2.75) is 25.4 Å². The van der Waals surface area contributed by atoms with E-state index in [1.807, 2.05) is 6.92 Å². The standard InChI is InChI=1S/C12H15Cl2O2P.Li.H/c1-3-4-9(17)11(15)10-7(13)5-6-8(14)12(10)16-2;;/h5-6,9H,3-4,17H2,1-2H3;;/q;+1;-1. The molecule has 0 aliphatic rings. The van der Waals surface area contributed by atoms with Gasteiger partial charge in [0.1, 0.15) is 5.75 Å². The first-order chi connectivity index (χ1) is 8.02. The number of halogens is 2. The number of ketones is 1. The molecule has 0 aromatic heterocycles. The summed E-state index contributed by atoms with van der Waals surface area (Å²) in [5.74, 6) is 0.300. The van der Waals surface area contributed by atoms with Gasteiger partial charge in [-0.15, -0.1) is 9.24 Å². The van der Waals surface area contributed by atoms with Crippen molar-refractivity contribution in [3.63, 3.8) is 0 Å². The molecule has 0 bridgehead atoms. The molecule has 0 fully saturated rings. The summed E-state index contributed by atoms with van der Waals surface area (Å²) in [6.07, 6.45) is 1.72. The third-order valence-electron chi connectivity index (χ3n) is 2.45. The summed E-state index contributed by atoms with van der Waals surface area (Å²) in [5.41, 5.74) is 0.208. The molecule has 0 spiro atoms. The third kappa shape index (κ3) is 4.15. The quantitative estimate of drug-likeness (QED) is 0.466. The van der Waals surface area contributed by atoms with E-state index in [2.05, 4.69) is 9.24 Å². The molecular formula is C12H16Cl2LiO2P. The van der Waals surface area contributed by atoms with Crippen LogP contribution in [-0.2, 0) is 0 Å². The molecule has 1 aromatic carbocycles. The number of carbonyl (C=O) groups excluding carboxylic acids is 1. The molecule has 0 aliphatic carbocycles. The third-order valence-corrected chi connectivity index (χ3v) is 3.69. The molecule has 0 radical (unpaired) electrons. The summed E-state index contributed by atoms with van der Waals surface area (Å²) < 4.78 is 5.16. The minimum absolute atomic E-state index is 0. The molecule has 0 amide bonds.